The lowest BCUT2D eigenvalue weighted by atomic mass is 10.2. The fraction of sp³-hybridized carbons (Fsp3) is 0.188. The number of rotatable bonds is 6. The number of ether oxygens (including phenoxy) is 1. The van der Waals surface area contributed by atoms with Gasteiger partial charge in [0.15, 0.2) is 0 Å². The lowest BCUT2D eigenvalue weighted by molar-refractivity contribution is 0.128. The summed E-state index contributed by atoms with van der Waals surface area (Å²) in [6.45, 7) is 1.76. The number of benzene rings is 2. The van der Waals surface area contributed by atoms with E-state index in [9.17, 15) is 0 Å². The second kappa shape index (κ2) is 7.34. The standard InChI is InChI=1S/C16H18N2O/c17-16(15-9-5-2-6-10-15)18-11-12-19-13-14-7-3-1-4-8-14/h1-10H,11-13H2,(H2,17,18). The third-order valence-corrected chi connectivity index (χ3v) is 2.70. The Morgan fingerprint density at radius 1 is 0.947 bits per heavy atom. The highest BCUT2D eigenvalue weighted by atomic mass is 16.5. The van der Waals surface area contributed by atoms with Crippen LogP contribution in [0.4, 0.5) is 0 Å². The van der Waals surface area contributed by atoms with Crippen LogP contribution in [0.15, 0.2) is 65.7 Å². The van der Waals surface area contributed by atoms with Crippen molar-refractivity contribution >= 4 is 5.84 Å². The van der Waals surface area contributed by atoms with Gasteiger partial charge in [-0.1, -0.05) is 60.7 Å². The first-order valence-corrected chi connectivity index (χ1v) is 6.33. The third-order valence-electron chi connectivity index (χ3n) is 2.70. The molecular weight excluding hydrogens is 236 g/mol. The first kappa shape index (κ1) is 13.3. The Kier molecular flexibility index (Phi) is 5.14. The van der Waals surface area contributed by atoms with Gasteiger partial charge in [-0.25, -0.2) is 0 Å². The fourth-order valence-corrected chi connectivity index (χ4v) is 1.70. The van der Waals surface area contributed by atoms with Crippen LogP contribution in [0.3, 0.4) is 0 Å². The largest absolute Gasteiger partial charge is 0.384 e. The van der Waals surface area contributed by atoms with Crippen molar-refractivity contribution in [3.8, 4) is 0 Å². The van der Waals surface area contributed by atoms with Gasteiger partial charge in [0.05, 0.1) is 19.8 Å². The van der Waals surface area contributed by atoms with Crippen LogP contribution in [-0.2, 0) is 11.3 Å². The molecule has 3 nitrogen and oxygen atoms in total. The van der Waals surface area contributed by atoms with Crippen LogP contribution < -0.4 is 5.73 Å². The van der Waals surface area contributed by atoms with E-state index in [1.807, 2.05) is 60.7 Å². The Morgan fingerprint density at radius 3 is 2.26 bits per heavy atom. The van der Waals surface area contributed by atoms with Crippen molar-refractivity contribution in [2.24, 2.45) is 10.7 Å². The van der Waals surface area contributed by atoms with Crippen LogP contribution in [-0.4, -0.2) is 19.0 Å². The molecule has 0 fully saturated rings. The highest BCUT2D eigenvalue weighted by molar-refractivity contribution is 5.97. The number of aliphatic imine (C=N–C) groups is 1. The highest BCUT2D eigenvalue weighted by Gasteiger charge is 1.96. The molecular formula is C16H18N2O. The summed E-state index contributed by atoms with van der Waals surface area (Å²) in [4.78, 5) is 4.30. The summed E-state index contributed by atoms with van der Waals surface area (Å²) in [5.41, 5.74) is 8.00. The molecule has 0 aliphatic rings. The van der Waals surface area contributed by atoms with Crippen LogP contribution in [0, 0.1) is 0 Å². The zero-order valence-electron chi connectivity index (χ0n) is 10.8. The maximum Gasteiger partial charge on any atom is 0.125 e. The molecule has 0 aliphatic heterocycles. The van der Waals surface area contributed by atoms with Gasteiger partial charge in [-0.05, 0) is 5.56 Å². The topological polar surface area (TPSA) is 47.6 Å². The summed E-state index contributed by atoms with van der Waals surface area (Å²) in [6, 6.07) is 19.8. The zero-order valence-corrected chi connectivity index (χ0v) is 10.8. The molecule has 0 bridgehead atoms. The van der Waals surface area contributed by atoms with Crippen molar-refractivity contribution in [3.63, 3.8) is 0 Å². The van der Waals surface area contributed by atoms with E-state index in [1.165, 1.54) is 5.56 Å². The monoisotopic (exact) mass is 254 g/mol. The predicted octanol–water partition coefficient (Wildman–Crippen LogP) is 2.61. The molecule has 2 N–H and O–H groups in total. The van der Waals surface area contributed by atoms with Crippen molar-refractivity contribution in [1.29, 1.82) is 0 Å². The molecule has 0 saturated carbocycles. The van der Waals surface area contributed by atoms with E-state index >= 15 is 0 Å². The molecule has 0 unspecified atom stereocenters. The second-order valence-electron chi connectivity index (χ2n) is 4.17. The van der Waals surface area contributed by atoms with E-state index in [1.54, 1.807) is 0 Å². The molecule has 0 aliphatic carbocycles. The van der Waals surface area contributed by atoms with Crippen LogP contribution in [0.25, 0.3) is 0 Å². The summed E-state index contributed by atoms with van der Waals surface area (Å²) in [5.74, 6) is 0.559. The van der Waals surface area contributed by atoms with E-state index < -0.39 is 0 Å². The Morgan fingerprint density at radius 2 is 1.58 bits per heavy atom. The predicted molar refractivity (Wildman–Crippen MR) is 78.1 cm³/mol. The van der Waals surface area contributed by atoms with Gasteiger partial charge in [0.1, 0.15) is 5.84 Å². The van der Waals surface area contributed by atoms with E-state index in [0.29, 0.717) is 25.6 Å². The van der Waals surface area contributed by atoms with Crippen LogP contribution >= 0.6 is 0 Å². The summed E-state index contributed by atoms with van der Waals surface area (Å²) >= 11 is 0. The molecule has 98 valence electrons. The van der Waals surface area contributed by atoms with Gasteiger partial charge in [0, 0.05) is 5.56 Å². The molecule has 0 atom stereocenters. The Bertz CT molecular complexity index is 509. The Balaban J connectivity index is 1.72. The average molecular weight is 254 g/mol. The molecule has 0 saturated heterocycles. The van der Waals surface area contributed by atoms with Crippen LogP contribution in [0.1, 0.15) is 11.1 Å². The quantitative estimate of drug-likeness (QED) is 0.489. The van der Waals surface area contributed by atoms with Crippen molar-refractivity contribution in [1.82, 2.24) is 0 Å². The molecule has 3 heteroatoms. The third kappa shape index (κ3) is 4.56. The minimum Gasteiger partial charge on any atom is -0.384 e. The van der Waals surface area contributed by atoms with Gasteiger partial charge in [0.25, 0.3) is 0 Å². The van der Waals surface area contributed by atoms with E-state index in [2.05, 4.69) is 4.99 Å². The van der Waals surface area contributed by atoms with Gasteiger partial charge in [0.2, 0.25) is 0 Å². The molecule has 2 aromatic rings. The Labute approximate surface area is 113 Å². The number of hydrogen-bond acceptors (Lipinski definition) is 2. The van der Waals surface area contributed by atoms with Crippen molar-refractivity contribution in [2.45, 2.75) is 6.61 Å². The van der Waals surface area contributed by atoms with E-state index in [-0.39, 0.29) is 0 Å². The van der Waals surface area contributed by atoms with Gasteiger partial charge in [-0.15, -0.1) is 0 Å². The van der Waals surface area contributed by atoms with E-state index in [4.69, 9.17) is 10.5 Å². The van der Waals surface area contributed by atoms with Gasteiger partial charge < -0.3 is 10.5 Å². The first-order chi connectivity index (χ1) is 9.36. The molecule has 19 heavy (non-hydrogen) atoms. The molecule has 0 heterocycles. The average Bonchev–Trinajstić information content (AvgIpc) is 2.49. The minimum absolute atomic E-state index is 0.559. The maximum absolute atomic E-state index is 5.88. The first-order valence-electron chi connectivity index (χ1n) is 6.33. The summed E-state index contributed by atoms with van der Waals surface area (Å²) in [5, 5.41) is 0. The van der Waals surface area contributed by atoms with Gasteiger partial charge in [-0.2, -0.15) is 0 Å². The SMILES string of the molecule is NC(=NCCOCc1ccccc1)c1ccccc1. The highest BCUT2D eigenvalue weighted by Crippen LogP contribution is 2.00. The summed E-state index contributed by atoms with van der Waals surface area (Å²) in [7, 11) is 0. The number of amidine groups is 1. The molecule has 0 amide bonds. The minimum atomic E-state index is 0.559. The van der Waals surface area contributed by atoms with Gasteiger partial charge in [-0.3, -0.25) is 4.99 Å². The second-order valence-corrected chi connectivity index (χ2v) is 4.17. The van der Waals surface area contributed by atoms with Gasteiger partial charge >= 0.3 is 0 Å². The molecule has 2 rings (SSSR count). The van der Waals surface area contributed by atoms with Crippen LogP contribution in [0.5, 0.6) is 0 Å². The molecule has 0 aromatic heterocycles. The van der Waals surface area contributed by atoms with E-state index in [0.717, 1.165) is 5.56 Å². The summed E-state index contributed by atoms with van der Waals surface area (Å²) in [6.07, 6.45) is 0. The Hall–Kier alpha value is -2.13. The van der Waals surface area contributed by atoms with Crippen molar-refractivity contribution in [2.75, 3.05) is 13.2 Å². The van der Waals surface area contributed by atoms with Crippen molar-refractivity contribution < 1.29 is 4.74 Å². The smallest absolute Gasteiger partial charge is 0.125 e. The molecule has 2 aromatic carbocycles. The van der Waals surface area contributed by atoms with Crippen molar-refractivity contribution in [3.05, 3.63) is 71.8 Å². The zero-order chi connectivity index (χ0) is 13.3. The van der Waals surface area contributed by atoms with Crippen LogP contribution in [0.2, 0.25) is 0 Å². The number of nitrogens with two attached hydrogens (primary N) is 1. The number of nitrogens with zero attached hydrogens (tertiary/aromatic N) is 1. The lowest BCUT2D eigenvalue weighted by Crippen LogP contribution is -2.14. The number of hydrogen-bond donors (Lipinski definition) is 1. The summed E-state index contributed by atoms with van der Waals surface area (Å²) < 4.78 is 5.54. The normalized spacial score (nSPS) is 11.5. The fourth-order valence-electron chi connectivity index (χ4n) is 1.70. The maximum atomic E-state index is 5.88. The molecule has 0 radical (unpaired) electrons. The molecule has 0 spiro atoms. The lowest BCUT2D eigenvalue weighted by Gasteiger charge is -2.03.